The highest BCUT2D eigenvalue weighted by Gasteiger charge is 2.10. The monoisotopic (exact) mass is 377 g/mol. The van der Waals surface area contributed by atoms with Crippen LogP contribution in [0.2, 0.25) is 0 Å². The highest BCUT2D eigenvalue weighted by Crippen LogP contribution is 2.12. The van der Waals surface area contributed by atoms with Crippen molar-refractivity contribution in [1.82, 2.24) is 4.90 Å². The number of amides is 1. The third-order valence-corrected chi connectivity index (χ3v) is 5.37. The highest BCUT2D eigenvalue weighted by atomic mass is 32.2. The van der Waals surface area contributed by atoms with Crippen LogP contribution in [0.5, 0.6) is 0 Å². The minimum atomic E-state index is -3.92. The summed E-state index contributed by atoms with van der Waals surface area (Å²) in [6.45, 7) is 2.62. The van der Waals surface area contributed by atoms with E-state index in [1.165, 1.54) is 64.2 Å². The molecule has 0 saturated heterocycles. The Labute approximate surface area is 155 Å². The standard InChI is InChI=1S/C19H39NO4S/c1-3-4-5-6-7-8-9-10-11-12-13-14-16-19(21)20(2)17-15-18-25(22,23)24/h3-18H2,1-2H3,(H,22,23,24). The number of nitrogens with zero attached hydrogens (tertiary/aromatic N) is 1. The number of carbonyl (C=O) groups is 1. The van der Waals surface area contributed by atoms with Crippen molar-refractivity contribution in [3.8, 4) is 0 Å². The second-order valence-electron chi connectivity index (χ2n) is 7.09. The first kappa shape index (κ1) is 24.4. The molecule has 0 aromatic carbocycles. The zero-order valence-electron chi connectivity index (χ0n) is 16.3. The topological polar surface area (TPSA) is 74.7 Å². The summed E-state index contributed by atoms with van der Waals surface area (Å²) >= 11 is 0. The molecule has 0 aliphatic rings. The molecule has 6 heteroatoms. The molecule has 0 fully saturated rings. The van der Waals surface area contributed by atoms with Gasteiger partial charge in [0.15, 0.2) is 0 Å². The van der Waals surface area contributed by atoms with Gasteiger partial charge in [0.25, 0.3) is 10.1 Å². The molecule has 150 valence electrons. The molecule has 0 aliphatic carbocycles. The van der Waals surface area contributed by atoms with Crippen LogP contribution in [-0.4, -0.2) is 43.1 Å². The lowest BCUT2D eigenvalue weighted by molar-refractivity contribution is -0.130. The normalized spacial score (nSPS) is 11.6. The zero-order valence-corrected chi connectivity index (χ0v) is 17.2. The van der Waals surface area contributed by atoms with Crippen molar-refractivity contribution >= 4 is 16.0 Å². The summed E-state index contributed by atoms with van der Waals surface area (Å²) in [5.74, 6) is -0.231. The van der Waals surface area contributed by atoms with Crippen molar-refractivity contribution in [3.63, 3.8) is 0 Å². The molecule has 5 nitrogen and oxygen atoms in total. The molecule has 0 atom stereocenters. The molecule has 0 unspecified atom stereocenters. The van der Waals surface area contributed by atoms with Gasteiger partial charge in [0.2, 0.25) is 5.91 Å². The molecule has 0 spiro atoms. The maximum Gasteiger partial charge on any atom is 0.264 e. The second kappa shape index (κ2) is 15.6. The molecule has 25 heavy (non-hydrogen) atoms. The van der Waals surface area contributed by atoms with Crippen molar-refractivity contribution in [2.45, 2.75) is 96.8 Å². The first-order valence-electron chi connectivity index (χ1n) is 10.1. The Bertz CT molecular complexity index is 423. The van der Waals surface area contributed by atoms with E-state index in [1.807, 2.05) is 0 Å². The molecule has 0 rings (SSSR count). The predicted molar refractivity (Wildman–Crippen MR) is 104 cm³/mol. The first-order chi connectivity index (χ1) is 11.9. The van der Waals surface area contributed by atoms with Gasteiger partial charge in [0.1, 0.15) is 0 Å². The van der Waals surface area contributed by atoms with E-state index in [9.17, 15) is 13.2 Å². The third kappa shape index (κ3) is 18.0. The first-order valence-corrected chi connectivity index (χ1v) is 11.7. The number of hydrogen-bond acceptors (Lipinski definition) is 3. The van der Waals surface area contributed by atoms with Crippen molar-refractivity contribution < 1.29 is 17.8 Å². The van der Waals surface area contributed by atoms with E-state index in [0.29, 0.717) is 13.0 Å². The van der Waals surface area contributed by atoms with Gasteiger partial charge < -0.3 is 4.90 Å². The van der Waals surface area contributed by atoms with Crippen LogP contribution in [0.15, 0.2) is 0 Å². The average Bonchev–Trinajstić information content (AvgIpc) is 2.54. The van der Waals surface area contributed by atoms with Gasteiger partial charge in [0, 0.05) is 20.0 Å². The Hall–Kier alpha value is -0.620. The molecule has 1 N–H and O–H groups in total. The number of rotatable bonds is 17. The Morgan fingerprint density at radius 1 is 0.800 bits per heavy atom. The van der Waals surface area contributed by atoms with Crippen molar-refractivity contribution in [2.75, 3.05) is 19.3 Å². The van der Waals surface area contributed by atoms with Crippen molar-refractivity contribution in [2.24, 2.45) is 0 Å². The highest BCUT2D eigenvalue weighted by molar-refractivity contribution is 7.85. The van der Waals surface area contributed by atoms with E-state index >= 15 is 0 Å². The summed E-state index contributed by atoms with van der Waals surface area (Å²) in [5.41, 5.74) is 0. The fraction of sp³-hybridized carbons (Fsp3) is 0.947. The van der Waals surface area contributed by atoms with E-state index in [1.54, 1.807) is 11.9 Å². The molecule has 0 aromatic heterocycles. The van der Waals surface area contributed by atoms with Crippen LogP contribution in [-0.2, 0) is 14.9 Å². The molecular formula is C19H39NO4S. The lowest BCUT2D eigenvalue weighted by atomic mass is 10.0. The zero-order chi connectivity index (χ0) is 19.0. The van der Waals surface area contributed by atoms with Crippen molar-refractivity contribution in [3.05, 3.63) is 0 Å². The quantitative estimate of drug-likeness (QED) is 0.291. The minimum Gasteiger partial charge on any atom is -0.346 e. The average molecular weight is 378 g/mol. The van der Waals surface area contributed by atoms with Gasteiger partial charge >= 0.3 is 0 Å². The summed E-state index contributed by atoms with van der Waals surface area (Å²) in [4.78, 5) is 13.5. The Morgan fingerprint density at radius 2 is 1.24 bits per heavy atom. The van der Waals surface area contributed by atoms with Gasteiger partial charge in [-0.2, -0.15) is 8.42 Å². The summed E-state index contributed by atoms with van der Waals surface area (Å²) in [6.07, 6.45) is 16.1. The van der Waals surface area contributed by atoms with Crippen LogP contribution in [0.25, 0.3) is 0 Å². The number of hydrogen-bond donors (Lipinski definition) is 1. The Balaban J connectivity index is 3.39. The molecule has 0 bridgehead atoms. The van der Waals surface area contributed by atoms with Gasteiger partial charge in [-0.05, 0) is 12.8 Å². The molecule has 0 radical (unpaired) electrons. The number of carbonyl (C=O) groups excluding carboxylic acids is 1. The van der Waals surface area contributed by atoms with Gasteiger partial charge in [-0.3, -0.25) is 9.35 Å². The molecular weight excluding hydrogens is 338 g/mol. The van der Waals surface area contributed by atoms with Gasteiger partial charge in [-0.1, -0.05) is 77.6 Å². The largest absolute Gasteiger partial charge is 0.346 e. The van der Waals surface area contributed by atoms with Crippen LogP contribution in [0.3, 0.4) is 0 Å². The summed E-state index contributed by atoms with van der Waals surface area (Å²) in [7, 11) is -2.24. The summed E-state index contributed by atoms with van der Waals surface area (Å²) in [5, 5.41) is 0. The van der Waals surface area contributed by atoms with Crippen LogP contribution in [0, 0.1) is 0 Å². The molecule has 1 amide bonds. The fourth-order valence-corrected chi connectivity index (χ4v) is 3.41. The molecule has 0 heterocycles. The maximum atomic E-state index is 11.9. The third-order valence-electron chi connectivity index (χ3n) is 4.57. The minimum absolute atomic E-state index is 0.0578. The van der Waals surface area contributed by atoms with E-state index in [-0.39, 0.29) is 18.1 Å². The summed E-state index contributed by atoms with van der Waals surface area (Å²) < 4.78 is 29.9. The smallest absolute Gasteiger partial charge is 0.264 e. The summed E-state index contributed by atoms with van der Waals surface area (Å²) in [6, 6.07) is 0. The van der Waals surface area contributed by atoms with Gasteiger partial charge in [-0.25, -0.2) is 0 Å². The SMILES string of the molecule is CCCCCCCCCCCCCCC(=O)N(C)CCCS(=O)(=O)O. The molecule has 0 aliphatic heterocycles. The van der Waals surface area contributed by atoms with Crippen LogP contribution in [0.1, 0.15) is 96.8 Å². The maximum absolute atomic E-state index is 11.9. The second-order valence-corrected chi connectivity index (χ2v) is 8.67. The van der Waals surface area contributed by atoms with E-state index < -0.39 is 10.1 Å². The predicted octanol–water partition coefficient (Wildman–Crippen LogP) is 4.81. The Kier molecular flexibility index (Phi) is 15.2. The van der Waals surface area contributed by atoms with Crippen LogP contribution < -0.4 is 0 Å². The fourth-order valence-electron chi connectivity index (χ4n) is 2.92. The van der Waals surface area contributed by atoms with Crippen molar-refractivity contribution in [1.29, 1.82) is 0 Å². The van der Waals surface area contributed by atoms with Crippen LogP contribution in [0.4, 0.5) is 0 Å². The molecule has 0 saturated carbocycles. The lowest BCUT2D eigenvalue weighted by Crippen LogP contribution is -2.28. The van der Waals surface area contributed by atoms with E-state index in [0.717, 1.165) is 12.8 Å². The number of unbranched alkanes of at least 4 members (excludes halogenated alkanes) is 11. The van der Waals surface area contributed by atoms with E-state index in [4.69, 9.17) is 4.55 Å². The molecule has 0 aromatic rings. The van der Waals surface area contributed by atoms with Gasteiger partial charge in [-0.15, -0.1) is 0 Å². The van der Waals surface area contributed by atoms with Gasteiger partial charge in [0.05, 0.1) is 5.75 Å². The van der Waals surface area contributed by atoms with Crippen LogP contribution >= 0.6 is 0 Å². The lowest BCUT2D eigenvalue weighted by Gasteiger charge is -2.16. The van der Waals surface area contributed by atoms with E-state index in [2.05, 4.69) is 6.92 Å². The Morgan fingerprint density at radius 3 is 1.68 bits per heavy atom.